The van der Waals surface area contributed by atoms with Crippen molar-refractivity contribution in [1.29, 1.82) is 0 Å². The molecule has 0 bridgehead atoms. The molecule has 0 unspecified atom stereocenters. The molecule has 2 aliphatic rings. The Balaban J connectivity index is 1.43. The molecule has 19 heavy (non-hydrogen) atoms. The molecule has 104 valence electrons. The number of hydrogen-bond acceptors (Lipinski definition) is 3. The van der Waals surface area contributed by atoms with E-state index < -0.39 is 0 Å². The van der Waals surface area contributed by atoms with Gasteiger partial charge in [0.2, 0.25) is 0 Å². The fourth-order valence-corrected chi connectivity index (χ4v) is 2.85. The molecule has 0 radical (unpaired) electrons. The fraction of sp³-hybridized carbons (Fsp3) is 0.688. The zero-order valence-corrected chi connectivity index (χ0v) is 11.9. The number of rotatable bonds is 5. The second-order valence-corrected chi connectivity index (χ2v) is 6.17. The van der Waals surface area contributed by atoms with Crippen LogP contribution in [0.3, 0.4) is 0 Å². The summed E-state index contributed by atoms with van der Waals surface area (Å²) in [6, 6.07) is 4.93. The fourth-order valence-electron chi connectivity index (χ4n) is 2.85. The molecule has 2 heterocycles. The summed E-state index contributed by atoms with van der Waals surface area (Å²) in [7, 11) is 0. The molecule has 3 heteroatoms. The average molecular weight is 259 g/mol. The molecule has 1 aliphatic heterocycles. The van der Waals surface area contributed by atoms with Gasteiger partial charge in [0.1, 0.15) is 0 Å². The Kier molecular flexibility index (Phi) is 4.14. The van der Waals surface area contributed by atoms with Gasteiger partial charge in [0.15, 0.2) is 0 Å². The molecule has 1 aromatic heterocycles. The SMILES string of the molecule is Cc1cccnc1CN1CCC(NCC2CC2)CC1. The van der Waals surface area contributed by atoms with Crippen molar-refractivity contribution < 1.29 is 0 Å². The zero-order valence-electron chi connectivity index (χ0n) is 11.9. The molecule has 1 saturated carbocycles. The van der Waals surface area contributed by atoms with E-state index in [0.717, 1.165) is 18.5 Å². The van der Waals surface area contributed by atoms with Gasteiger partial charge in [-0.1, -0.05) is 6.07 Å². The van der Waals surface area contributed by atoms with Crippen molar-refractivity contribution in [2.24, 2.45) is 5.92 Å². The topological polar surface area (TPSA) is 28.2 Å². The van der Waals surface area contributed by atoms with E-state index in [1.54, 1.807) is 0 Å². The second kappa shape index (κ2) is 6.02. The number of nitrogens with one attached hydrogen (secondary N) is 1. The highest BCUT2D eigenvalue weighted by Crippen LogP contribution is 2.28. The number of likely N-dealkylation sites (tertiary alicyclic amines) is 1. The minimum atomic E-state index is 0.752. The van der Waals surface area contributed by atoms with Crippen LogP contribution in [0.5, 0.6) is 0 Å². The summed E-state index contributed by atoms with van der Waals surface area (Å²) in [5.74, 6) is 0.995. The molecule has 0 atom stereocenters. The molecular weight excluding hydrogens is 234 g/mol. The van der Waals surface area contributed by atoms with Crippen LogP contribution in [0.15, 0.2) is 18.3 Å². The van der Waals surface area contributed by atoms with Gasteiger partial charge in [0.05, 0.1) is 5.69 Å². The highest BCUT2D eigenvalue weighted by Gasteiger charge is 2.24. The molecule has 3 rings (SSSR count). The normalized spacial score (nSPS) is 21.7. The summed E-state index contributed by atoms with van der Waals surface area (Å²) in [5, 5.41) is 3.74. The van der Waals surface area contributed by atoms with E-state index in [4.69, 9.17) is 0 Å². The van der Waals surface area contributed by atoms with Crippen LogP contribution < -0.4 is 5.32 Å². The van der Waals surface area contributed by atoms with Gasteiger partial charge in [-0.25, -0.2) is 0 Å². The molecule has 0 aromatic carbocycles. The lowest BCUT2D eigenvalue weighted by Crippen LogP contribution is -2.42. The van der Waals surface area contributed by atoms with Gasteiger partial charge >= 0.3 is 0 Å². The average Bonchev–Trinajstić information content (AvgIpc) is 3.25. The van der Waals surface area contributed by atoms with E-state index in [0.29, 0.717) is 0 Å². The highest BCUT2D eigenvalue weighted by molar-refractivity contribution is 5.17. The predicted molar refractivity (Wildman–Crippen MR) is 78.0 cm³/mol. The highest BCUT2D eigenvalue weighted by atomic mass is 15.1. The maximum absolute atomic E-state index is 4.50. The van der Waals surface area contributed by atoms with Gasteiger partial charge in [0.25, 0.3) is 0 Å². The Bertz CT molecular complexity index is 406. The summed E-state index contributed by atoms with van der Waals surface area (Å²) in [4.78, 5) is 7.05. The van der Waals surface area contributed by atoms with Crippen molar-refractivity contribution in [3.63, 3.8) is 0 Å². The first kappa shape index (κ1) is 13.1. The molecule has 1 aromatic rings. The number of aromatic nitrogens is 1. The van der Waals surface area contributed by atoms with Crippen molar-refractivity contribution in [2.45, 2.75) is 45.2 Å². The maximum Gasteiger partial charge on any atom is 0.0573 e. The van der Waals surface area contributed by atoms with Crippen LogP contribution >= 0.6 is 0 Å². The Morgan fingerprint density at radius 2 is 2.05 bits per heavy atom. The van der Waals surface area contributed by atoms with Crippen molar-refractivity contribution in [3.05, 3.63) is 29.6 Å². The summed E-state index contributed by atoms with van der Waals surface area (Å²) in [5.41, 5.74) is 2.56. The number of pyridine rings is 1. The van der Waals surface area contributed by atoms with Crippen LogP contribution in [0, 0.1) is 12.8 Å². The number of nitrogens with zero attached hydrogens (tertiary/aromatic N) is 2. The quantitative estimate of drug-likeness (QED) is 0.880. The molecular formula is C16H25N3. The van der Waals surface area contributed by atoms with Crippen LogP contribution in [-0.4, -0.2) is 35.6 Å². The van der Waals surface area contributed by atoms with E-state index in [1.165, 1.54) is 56.6 Å². The first-order valence-corrected chi connectivity index (χ1v) is 7.67. The summed E-state index contributed by atoms with van der Waals surface area (Å²) in [6.07, 6.45) is 7.39. The van der Waals surface area contributed by atoms with E-state index in [-0.39, 0.29) is 0 Å². The predicted octanol–water partition coefficient (Wildman–Crippen LogP) is 2.35. The third-order valence-corrected chi connectivity index (χ3v) is 4.47. The van der Waals surface area contributed by atoms with Crippen molar-refractivity contribution >= 4 is 0 Å². The van der Waals surface area contributed by atoms with Crippen molar-refractivity contribution in [2.75, 3.05) is 19.6 Å². The smallest absolute Gasteiger partial charge is 0.0573 e. The van der Waals surface area contributed by atoms with Crippen LogP contribution in [0.25, 0.3) is 0 Å². The molecule has 0 amide bonds. The van der Waals surface area contributed by atoms with E-state index >= 15 is 0 Å². The van der Waals surface area contributed by atoms with Gasteiger partial charge < -0.3 is 5.32 Å². The van der Waals surface area contributed by atoms with Gasteiger partial charge in [0, 0.05) is 31.9 Å². The number of hydrogen-bond donors (Lipinski definition) is 1. The lowest BCUT2D eigenvalue weighted by Gasteiger charge is -2.32. The first-order chi connectivity index (χ1) is 9.31. The largest absolute Gasteiger partial charge is 0.314 e. The Morgan fingerprint density at radius 1 is 1.26 bits per heavy atom. The Hall–Kier alpha value is -0.930. The minimum absolute atomic E-state index is 0.752. The molecule has 3 nitrogen and oxygen atoms in total. The van der Waals surface area contributed by atoms with Gasteiger partial charge in [-0.3, -0.25) is 9.88 Å². The summed E-state index contributed by atoms with van der Waals surface area (Å²) in [6.45, 7) is 6.84. The minimum Gasteiger partial charge on any atom is -0.314 e. The molecule has 0 spiro atoms. The van der Waals surface area contributed by atoms with Crippen LogP contribution in [0.2, 0.25) is 0 Å². The molecule has 1 saturated heterocycles. The lowest BCUT2D eigenvalue weighted by atomic mass is 10.0. The van der Waals surface area contributed by atoms with Crippen LogP contribution in [0.4, 0.5) is 0 Å². The van der Waals surface area contributed by atoms with Crippen LogP contribution in [-0.2, 0) is 6.54 Å². The third-order valence-electron chi connectivity index (χ3n) is 4.47. The lowest BCUT2D eigenvalue weighted by molar-refractivity contribution is 0.188. The van der Waals surface area contributed by atoms with Crippen molar-refractivity contribution in [3.8, 4) is 0 Å². The standard InChI is InChI=1S/C16H25N3/c1-13-3-2-8-17-16(13)12-19-9-6-15(7-10-19)18-11-14-4-5-14/h2-3,8,14-15,18H,4-7,9-12H2,1H3. The van der Waals surface area contributed by atoms with E-state index in [9.17, 15) is 0 Å². The Morgan fingerprint density at radius 3 is 2.74 bits per heavy atom. The van der Waals surface area contributed by atoms with Gasteiger partial charge in [-0.05, 0) is 56.7 Å². The van der Waals surface area contributed by atoms with Gasteiger partial charge in [-0.2, -0.15) is 0 Å². The van der Waals surface area contributed by atoms with Crippen LogP contribution in [0.1, 0.15) is 36.9 Å². The Labute approximate surface area is 116 Å². The molecule has 2 fully saturated rings. The number of piperidine rings is 1. The second-order valence-electron chi connectivity index (χ2n) is 6.17. The molecule has 1 aliphatic carbocycles. The number of aryl methyl sites for hydroxylation is 1. The summed E-state index contributed by atoms with van der Waals surface area (Å²) < 4.78 is 0. The van der Waals surface area contributed by atoms with E-state index in [1.807, 2.05) is 12.3 Å². The van der Waals surface area contributed by atoms with Crippen molar-refractivity contribution in [1.82, 2.24) is 15.2 Å². The van der Waals surface area contributed by atoms with E-state index in [2.05, 4.69) is 28.2 Å². The first-order valence-electron chi connectivity index (χ1n) is 7.67. The third kappa shape index (κ3) is 3.77. The zero-order chi connectivity index (χ0) is 13.1. The monoisotopic (exact) mass is 259 g/mol. The molecule has 1 N–H and O–H groups in total. The maximum atomic E-state index is 4.50. The van der Waals surface area contributed by atoms with Gasteiger partial charge in [-0.15, -0.1) is 0 Å². The summed E-state index contributed by atoms with van der Waals surface area (Å²) >= 11 is 0.